The molecule has 10 heteroatoms. The number of hydrogen-bond acceptors (Lipinski definition) is 4. The molecule has 0 radical (unpaired) electrons. The van der Waals surface area contributed by atoms with E-state index in [0.717, 1.165) is 5.69 Å². The minimum atomic E-state index is -0.473. The summed E-state index contributed by atoms with van der Waals surface area (Å²) in [5, 5.41) is 6.76. The molecule has 2 N–H and O–H groups in total. The normalized spacial score (nSPS) is 13.8. The van der Waals surface area contributed by atoms with Crippen LogP contribution in [0.25, 0.3) is 0 Å². The largest absolute Gasteiger partial charge is 0.365 e. The first kappa shape index (κ1) is 24.6. The van der Waals surface area contributed by atoms with E-state index in [-0.39, 0.29) is 32.5 Å². The van der Waals surface area contributed by atoms with E-state index in [1.165, 1.54) is 0 Å². The van der Waals surface area contributed by atoms with E-state index in [4.69, 9.17) is 47.0 Å². The van der Waals surface area contributed by atoms with Gasteiger partial charge in [-0.25, -0.2) is 0 Å². The Morgan fingerprint density at radius 2 is 1.59 bits per heavy atom. The van der Waals surface area contributed by atoms with E-state index in [2.05, 4.69) is 15.5 Å². The van der Waals surface area contributed by atoms with E-state index in [0.29, 0.717) is 36.9 Å². The molecule has 0 bridgehead atoms. The van der Waals surface area contributed by atoms with Crippen LogP contribution < -0.4 is 15.5 Å². The Labute approximate surface area is 207 Å². The van der Waals surface area contributed by atoms with Gasteiger partial charge in [-0.2, -0.15) is 0 Å². The number of nitrogens with zero attached hydrogens (tertiary/aromatic N) is 2. The third-order valence-electron chi connectivity index (χ3n) is 5.06. The Morgan fingerprint density at radius 3 is 2.25 bits per heavy atom. The van der Waals surface area contributed by atoms with Crippen LogP contribution in [0.2, 0.25) is 15.1 Å². The Morgan fingerprint density at radius 1 is 0.969 bits per heavy atom. The highest BCUT2D eigenvalue weighted by Crippen LogP contribution is 2.35. The van der Waals surface area contributed by atoms with Gasteiger partial charge in [0, 0.05) is 32.1 Å². The third kappa shape index (κ3) is 5.64. The fourth-order valence-electron chi connectivity index (χ4n) is 3.46. The van der Waals surface area contributed by atoms with Crippen molar-refractivity contribution in [2.24, 2.45) is 5.92 Å². The molecular formula is C22H23Cl3N4O2S. The van der Waals surface area contributed by atoms with E-state index in [1.54, 1.807) is 30.3 Å². The molecule has 0 atom stereocenters. The molecule has 2 aromatic carbocycles. The number of carbonyl (C=O) groups excluding carboxylic acids is 2. The topological polar surface area (TPSA) is 64.7 Å². The second-order valence-electron chi connectivity index (χ2n) is 7.61. The molecule has 1 aliphatic rings. The van der Waals surface area contributed by atoms with Gasteiger partial charge in [0.25, 0.3) is 5.91 Å². The van der Waals surface area contributed by atoms with Gasteiger partial charge in [-0.15, -0.1) is 0 Å². The Balaban J connectivity index is 1.71. The first-order valence-corrected chi connectivity index (χ1v) is 11.6. The van der Waals surface area contributed by atoms with Crippen molar-refractivity contribution in [2.75, 3.05) is 36.4 Å². The Kier molecular flexibility index (Phi) is 8.22. The van der Waals surface area contributed by atoms with Crippen LogP contribution >= 0.6 is 47.0 Å². The molecule has 1 heterocycles. The van der Waals surface area contributed by atoms with Crippen molar-refractivity contribution in [1.29, 1.82) is 0 Å². The zero-order chi connectivity index (χ0) is 23.4. The molecule has 0 aromatic heterocycles. The average Bonchev–Trinajstić information content (AvgIpc) is 2.75. The summed E-state index contributed by atoms with van der Waals surface area (Å²) < 4.78 is 0. The molecule has 3 rings (SSSR count). The van der Waals surface area contributed by atoms with Crippen LogP contribution in [0.15, 0.2) is 36.4 Å². The van der Waals surface area contributed by atoms with Crippen molar-refractivity contribution in [3.05, 3.63) is 57.0 Å². The predicted octanol–water partition coefficient (Wildman–Crippen LogP) is 5.08. The van der Waals surface area contributed by atoms with Gasteiger partial charge in [-0.3, -0.25) is 14.9 Å². The number of benzene rings is 2. The minimum Gasteiger partial charge on any atom is -0.365 e. The van der Waals surface area contributed by atoms with Crippen LogP contribution in [0.4, 0.5) is 11.4 Å². The molecule has 170 valence electrons. The smallest absolute Gasteiger partial charge is 0.258 e. The summed E-state index contributed by atoms with van der Waals surface area (Å²) in [7, 11) is 0. The highest BCUT2D eigenvalue weighted by molar-refractivity contribution is 7.80. The molecule has 0 saturated carbocycles. The number of thiocarbonyl (C=S) groups is 1. The summed E-state index contributed by atoms with van der Waals surface area (Å²) in [5.41, 5.74) is 1.65. The number of nitrogens with one attached hydrogen (secondary N) is 2. The number of hydrogen-bond donors (Lipinski definition) is 2. The summed E-state index contributed by atoms with van der Waals surface area (Å²) in [6, 6.07) is 10.2. The number of para-hydroxylation sites is 1. The maximum Gasteiger partial charge on any atom is 0.258 e. The lowest BCUT2D eigenvalue weighted by Gasteiger charge is -2.38. The number of rotatable bonds is 4. The van der Waals surface area contributed by atoms with Gasteiger partial charge in [-0.05, 0) is 36.5 Å². The summed E-state index contributed by atoms with van der Waals surface area (Å²) in [6.45, 7) is 6.28. The van der Waals surface area contributed by atoms with E-state index >= 15 is 0 Å². The van der Waals surface area contributed by atoms with Gasteiger partial charge in [-0.1, -0.05) is 60.8 Å². The lowest BCUT2D eigenvalue weighted by atomic mass is 10.1. The van der Waals surface area contributed by atoms with Gasteiger partial charge in [0.15, 0.2) is 5.11 Å². The van der Waals surface area contributed by atoms with Gasteiger partial charge >= 0.3 is 0 Å². The molecule has 32 heavy (non-hydrogen) atoms. The highest BCUT2D eigenvalue weighted by atomic mass is 35.5. The van der Waals surface area contributed by atoms with Crippen molar-refractivity contribution in [1.82, 2.24) is 10.2 Å². The quantitative estimate of drug-likeness (QED) is 0.558. The Bertz CT molecular complexity index is 1040. The minimum absolute atomic E-state index is 0.0342. The van der Waals surface area contributed by atoms with Crippen LogP contribution in [0, 0.1) is 5.92 Å². The maximum absolute atomic E-state index is 12.6. The van der Waals surface area contributed by atoms with Crippen molar-refractivity contribution >= 4 is 75.3 Å². The van der Waals surface area contributed by atoms with Gasteiger partial charge < -0.3 is 15.1 Å². The van der Waals surface area contributed by atoms with E-state index in [9.17, 15) is 9.59 Å². The van der Waals surface area contributed by atoms with Gasteiger partial charge in [0.2, 0.25) is 5.91 Å². The number of halogens is 3. The summed E-state index contributed by atoms with van der Waals surface area (Å²) in [4.78, 5) is 28.8. The zero-order valence-electron chi connectivity index (χ0n) is 17.6. The first-order chi connectivity index (χ1) is 15.2. The zero-order valence-corrected chi connectivity index (χ0v) is 20.7. The van der Waals surface area contributed by atoms with Crippen molar-refractivity contribution in [3.8, 4) is 0 Å². The second-order valence-corrected chi connectivity index (χ2v) is 9.21. The van der Waals surface area contributed by atoms with Crippen LogP contribution in [0.1, 0.15) is 24.2 Å². The molecule has 6 nitrogen and oxygen atoms in total. The molecule has 1 fully saturated rings. The number of amides is 2. The van der Waals surface area contributed by atoms with Crippen LogP contribution in [0.5, 0.6) is 0 Å². The number of piperazine rings is 1. The molecule has 0 spiro atoms. The van der Waals surface area contributed by atoms with Crippen molar-refractivity contribution in [3.63, 3.8) is 0 Å². The second kappa shape index (κ2) is 10.7. The molecule has 1 saturated heterocycles. The third-order valence-corrected chi connectivity index (χ3v) is 6.39. The number of anilines is 2. The van der Waals surface area contributed by atoms with E-state index < -0.39 is 5.91 Å². The lowest BCUT2D eigenvalue weighted by Crippen LogP contribution is -2.50. The molecule has 2 aromatic rings. The highest BCUT2D eigenvalue weighted by Gasteiger charge is 2.25. The van der Waals surface area contributed by atoms with Crippen LogP contribution in [-0.4, -0.2) is 48.0 Å². The van der Waals surface area contributed by atoms with Crippen LogP contribution in [-0.2, 0) is 4.79 Å². The molecule has 0 aliphatic carbocycles. The SMILES string of the molecule is CC(C)C(=O)N1CCN(c2c(Cl)cccc2NC(=S)NC(=O)c2cccc(Cl)c2Cl)CC1. The monoisotopic (exact) mass is 512 g/mol. The van der Waals surface area contributed by atoms with Gasteiger partial charge in [0.05, 0.1) is 32.0 Å². The van der Waals surface area contributed by atoms with Gasteiger partial charge in [0.1, 0.15) is 0 Å². The fourth-order valence-corrected chi connectivity index (χ4v) is 4.34. The maximum atomic E-state index is 12.6. The lowest BCUT2D eigenvalue weighted by molar-refractivity contribution is -0.134. The fraction of sp³-hybridized carbons (Fsp3) is 0.318. The molecule has 1 aliphatic heterocycles. The van der Waals surface area contributed by atoms with Crippen LogP contribution in [0.3, 0.4) is 0 Å². The number of carbonyl (C=O) groups is 2. The molecular weight excluding hydrogens is 491 g/mol. The average molecular weight is 514 g/mol. The first-order valence-electron chi connectivity index (χ1n) is 10.1. The van der Waals surface area contributed by atoms with Crippen molar-refractivity contribution < 1.29 is 9.59 Å². The Hall–Kier alpha value is -2.06. The standard InChI is InChI=1S/C22H23Cl3N4O2S/c1-13(2)21(31)29-11-9-28(10-12-29)19-16(24)7-4-8-17(19)26-22(32)27-20(30)14-5-3-6-15(23)18(14)25/h3-8,13H,9-12H2,1-2H3,(H2,26,27,30,32). The van der Waals surface area contributed by atoms with E-state index in [1.807, 2.05) is 24.8 Å². The molecule has 0 unspecified atom stereocenters. The van der Waals surface area contributed by atoms with Crippen molar-refractivity contribution in [2.45, 2.75) is 13.8 Å². The predicted molar refractivity (Wildman–Crippen MR) is 135 cm³/mol. The summed E-state index contributed by atoms with van der Waals surface area (Å²) in [5.74, 6) is -0.363. The molecule has 2 amide bonds. The summed E-state index contributed by atoms with van der Waals surface area (Å²) >= 11 is 24.0. The summed E-state index contributed by atoms with van der Waals surface area (Å²) in [6.07, 6.45) is 0.